The van der Waals surface area contributed by atoms with Crippen molar-refractivity contribution in [1.82, 2.24) is 10.6 Å². The van der Waals surface area contributed by atoms with Crippen LogP contribution in [-0.2, 0) is 11.3 Å². The number of aryl methyl sites for hydroxylation is 2. The van der Waals surface area contributed by atoms with E-state index in [1.807, 2.05) is 38.1 Å². The Morgan fingerprint density at radius 1 is 1.19 bits per heavy atom. The van der Waals surface area contributed by atoms with Gasteiger partial charge in [0.1, 0.15) is 11.9 Å². The SMILES string of the molecule is CCNC(=NCc1ccc(C)cc1OC1CCOC1)NCC(O)c1cccc(C)c1.I. The molecule has 1 aliphatic rings. The number of halogens is 1. The Morgan fingerprint density at radius 2 is 2.00 bits per heavy atom. The van der Waals surface area contributed by atoms with Crippen LogP contribution < -0.4 is 15.4 Å². The molecule has 3 N–H and O–H groups in total. The molecule has 7 heteroatoms. The summed E-state index contributed by atoms with van der Waals surface area (Å²) in [4.78, 5) is 4.70. The van der Waals surface area contributed by atoms with E-state index in [-0.39, 0.29) is 30.1 Å². The molecule has 0 spiro atoms. The molecule has 0 radical (unpaired) electrons. The maximum atomic E-state index is 10.5. The van der Waals surface area contributed by atoms with Crippen LogP contribution in [0.15, 0.2) is 47.5 Å². The predicted octanol–water partition coefficient (Wildman–Crippen LogP) is 3.88. The molecular formula is C24H34IN3O3. The van der Waals surface area contributed by atoms with Crippen molar-refractivity contribution in [3.05, 3.63) is 64.7 Å². The van der Waals surface area contributed by atoms with Crippen LogP contribution in [0, 0.1) is 13.8 Å². The lowest BCUT2D eigenvalue weighted by atomic mass is 10.1. The first-order chi connectivity index (χ1) is 14.5. The van der Waals surface area contributed by atoms with Crippen LogP contribution >= 0.6 is 24.0 Å². The standard InChI is InChI=1S/C24H33N3O3.HI/c1-4-25-24(27-15-22(28)19-7-5-6-17(2)12-19)26-14-20-9-8-18(3)13-23(20)30-21-10-11-29-16-21;/h5-9,12-13,21-22,28H,4,10-11,14-16H2,1-3H3,(H2,25,26,27);1H. The normalized spacial score (nSPS) is 17.0. The van der Waals surface area contributed by atoms with Gasteiger partial charge >= 0.3 is 0 Å². The van der Waals surface area contributed by atoms with E-state index in [0.717, 1.165) is 47.6 Å². The third kappa shape index (κ3) is 7.97. The number of nitrogens with one attached hydrogen (secondary N) is 2. The first-order valence-electron chi connectivity index (χ1n) is 10.7. The van der Waals surface area contributed by atoms with Gasteiger partial charge in [0.15, 0.2) is 5.96 Å². The minimum Gasteiger partial charge on any atom is -0.488 e. The summed E-state index contributed by atoms with van der Waals surface area (Å²) in [5.74, 6) is 1.53. The molecule has 170 valence electrons. The zero-order valence-corrected chi connectivity index (χ0v) is 20.9. The summed E-state index contributed by atoms with van der Waals surface area (Å²) >= 11 is 0. The number of hydrogen-bond acceptors (Lipinski definition) is 4. The molecule has 2 aromatic rings. The first kappa shape index (κ1) is 25.4. The molecule has 0 aromatic heterocycles. The molecule has 2 aromatic carbocycles. The van der Waals surface area contributed by atoms with Gasteiger partial charge in [-0.15, -0.1) is 24.0 Å². The fourth-order valence-electron chi connectivity index (χ4n) is 3.38. The van der Waals surface area contributed by atoms with Gasteiger partial charge < -0.3 is 25.2 Å². The third-order valence-corrected chi connectivity index (χ3v) is 5.05. The van der Waals surface area contributed by atoms with Crippen molar-refractivity contribution >= 4 is 29.9 Å². The first-order valence-corrected chi connectivity index (χ1v) is 10.7. The largest absolute Gasteiger partial charge is 0.488 e. The quantitative estimate of drug-likeness (QED) is 0.270. The van der Waals surface area contributed by atoms with Gasteiger partial charge in [-0.2, -0.15) is 0 Å². The number of hydrogen-bond donors (Lipinski definition) is 3. The van der Waals surface area contributed by atoms with Gasteiger partial charge in [0.2, 0.25) is 0 Å². The topological polar surface area (TPSA) is 75.1 Å². The Balaban J connectivity index is 0.00000341. The zero-order valence-electron chi connectivity index (χ0n) is 18.6. The maximum absolute atomic E-state index is 10.5. The van der Waals surface area contributed by atoms with Gasteiger partial charge in [0.25, 0.3) is 0 Å². The fourth-order valence-corrected chi connectivity index (χ4v) is 3.38. The molecule has 2 unspecified atom stereocenters. The van der Waals surface area contributed by atoms with E-state index in [4.69, 9.17) is 14.5 Å². The van der Waals surface area contributed by atoms with Crippen molar-refractivity contribution in [3.8, 4) is 5.75 Å². The molecule has 1 aliphatic heterocycles. The number of aliphatic hydroxyl groups is 1. The summed E-state index contributed by atoms with van der Waals surface area (Å²) < 4.78 is 11.6. The highest BCUT2D eigenvalue weighted by molar-refractivity contribution is 14.0. The molecule has 0 saturated carbocycles. The van der Waals surface area contributed by atoms with Crippen molar-refractivity contribution < 1.29 is 14.6 Å². The van der Waals surface area contributed by atoms with Gasteiger partial charge in [-0.1, -0.05) is 42.0 Å². The highest BCUT2D eigenvalue weighted by Crippen LogP contribution is 2.24. The Kier molecular flexibility index (Phi) is 10.6. The van der Waals surface area contributed by atoms with Crippen LogP contribution in [0.2, 0.25) is 0 Å². The van der Waals surface area contributed by atoms with Crippen molar-refractivity contribution in [2.45, 2.75) is 45.9 Å². The second-order valence-electron chi connectivity index (χ2n) is 7.72. The van der Waals surface area contributed by atoms with E-state index in [2.05, 4.69) is 35.8 Å². The average molecular weight is 539 g/mol. The highest BCUT2D eigenvalue weighted by atomic mass is 127. The average Bonchev–Trinajstić information content (AvgIpc) is 3.24. The van der Waals surface area contributed by atoms with E-state index in [0.29, 0.717) is 25.7 Å². The maximum Gasteiger partial charge on any atom is 0.191 e. The van der Waals surface area contributed by atoms with Crippen molar-refractivity contribution in [2.75, 3.05) is 26.3 Å². The lowest BCUT2D eigenvalue weighted by Gasteiger charge is -2.17. The number of aliphatic hydroxyl groups excluding tert-OH is 1. The zero-order chi connectivity index (χ0) is 21.3. The molecule has 1 fully saturated rings. The summed E-state index contributed by atoms with van der Waals surface area (Å²) in [6, 6.07) is 14.1. The molecule has 6 nitrogen and oxygen atoms in total. The predicted molar refractivity (Wildman–Crippen MR) is 135 cm³/mol. The molecule has 0 amide bonds. The summed E-state index contributed by atoms with van der Waals surface area (Å²) in [6.45, 7) is 9.10. The van der Waals surface area contributed by atoms with E-state index in [1.54, 1.807) is 0 Å². The number of rotatable bonds is 8. The minimum absolute atomic E-state index is 0. The number of aliphatic imine (C=N–C) groups is 1. The van der Waals surface area contributed by atoms with Crippen LogP contribution in [0.3, 0.4) is 0 Å². The number of benzene rings is 2. The summed E-state index contributed by atoms with van der Waals surface area (Å²) in [7, 11) is 0. The van der Waals surface area contributed by atoms with E-state index in [9.17, 15) is 5.11 Å². The number of ether oxygens (including phenoxy) is 2. The molecule has 1 heterocycles. The molecule has 31 heavy (non-hydrogen) atoms. The Labute approximate surface area is 202 Å². The molecule has 0 bridgehead atoms. The monoisotopic (exact) mass is 539 g/mol. The second-order valence-corrected chi connectivity index (χ2v) is 7.72. The minimum atomic E-state index is -0.602. The summed E-state index contributed by atoms with van der Waals surface area (Å²) in [6.07, 6.45) is 0.414. The van der Waals surface area contributed by atoms with Gasteiger partial charge in [-0.25, -0.2) is 4.99 Å². The van der Waals surface area contributed by atoms with Crippen molar-refractivity contribution in [2.24, 2.45) is 4.99 Å². The van der Waals surface area contributed by atoms with Gasteiger partial charge in [0, 0.05) is 25.1 Å². The van der Waals surface area contributed by atoms with Crippen LogP contribution in [0.1, 0.15) is 41.7 Å². The lowest BCUT2D eigenvalue weighted by molar-refractivity contribution is 0.140. The van der Waals surface area contributed by atoms with Crippen LogP contribution in [0.25, 0.3) is 0 Å². The van der Waals surface area contributed by atoms with Crippen LogP contribution in [0.5, 0.6) is 5.75 Å². The summed E-state index contributed by atoms with van der Waals surface area (Å²) in [5, 5.41) is 17.0. The summed E-state index contributed by atoms with van der Waals surface area (Å²) in [5.41, 5.74) is 4.21. The van der Waals surface area contributed by atoms with E-state index in [1.165, 1.54) is 0 Å². The molecule has 0 aliphatic carbocycles. The van der Waals surface area contributed by atoms with Gasteiger partial charge in [0.05, 0.1) is 25.9 Å². The lowest BCUT2D eigenvalue weighted by Crippen LogP contribution is -2.39. The molecule has 2 atom stereocenters. The Morgan fingerprint density at radius 3 is 2.71 bits per heavy atom. The van der Waals surface area contributed by atoms with E-state index < -0.39 is 6.10 Å². The van der Waals surface area contributed by atoms with Crippen LogP contribution in [0.4, 0.5) is 0 Å². The fraction of sp³-hybridized carbons (Fsp3) is 0.458. The van der Waals surface area contributed by atoms with Gasteiger partial charge in [-0.3, -0.25) is 0 Å². The Hall–Kier alpha value is -1.84. The molecule has 3 rings (SSSR count). The smallest absolute Gasteiger partial charge is 0.191 e. The van der Waals surface area contributed by atoms with E-state index >= 15 is 0 Å². The van der Waals surface area contributed by atoms with Gasteiger partial charge in [-0.05, 0) is 38.0 Å². The molecular weight excluding hydrogens is 505 g/mol. The van der Waals surface area contributed by atoms with Crippen molar-refractivity contribution in [1.29, 1.82) is 0 Å². The highest BCUT2D eigenvalue weighted by Gasteiger charge is 2.18. The van der Waals surface area contributed by atoms with Crippen LogP contribution in [-0.4, -0.2) is 43.5 Å². The second kappa shape index (κ2) is 12.9. The number of nitrogens with zero attached hydrogens (tertiary/aromatic N) is 1. The third-order valence-electron chi connectivity index (χ3n) is 5.05. The molecule has 1 saturated heterocycles. The Bertz CT molecular complexity index is 854. The van der Waals surface area contributed by atoms with Crippen molar-refractivity contribution in [3.63, 3.8) is 0 Å². The number of guanidine groups is 1.